The number of nitrogens with one attached hydrogen (secondary N) is 1. The summed E-state index contributed by atoms with van der Waals surface area (Å²) in [5.74, 6) is 0.908. The van der Waals surface area contributed by atoms with Crippen molar-refractivity contribution in [1.29, 1.82) is 0 Å². The fourth-order valence-corrected chi connectivity index (χ4v) is 3.84. The molecule has 6 nitrogen and oxygen atoms in total. The molecule has 160 valence electrons. The van der Waals surface area contributed by atoms with E-state index in [4.69, 9.17) is 9.47 Å². The van der Waals surface area contributed by atoms with Crippen LogP contribution in [-0.2, 0) is 9.59 Å². The molecule has 1 aliphatic heterocycles. The maximum Gasteiger partial charge on any atom is 0.229 e. The van der Waals surface area contributed by atoms with Crippen molar-refractivity contribution in [2.75, 3.05) is 31.0 Å². The summed E-state index contributed by atoms with van der Waals surface area (Å²) in [5, 5.41) is 2.97. The highest BCUT2D eigenvalue weighted by molar-refractivity contribution is 6.04. The number of hydrogen-bond acceptors (Lipinski definition) is 4. The number of methoxy groups -OCH3 is 2. The number of para-hydroxylation sites is 1. The first-order valence-electron chi connectivity index (χ1n) is 10.3. The van der Waals surface area contributed by atoms with E-state index in [1.54, 1.807) is 25.2 Å². The molecule has 1 heterocycles. The molecule has 0 aromatic heterocycles. The molecular weight excluding hydrogens is 380 g/mol. The lowest BCUT2D eigenvalue weighted by Gasteiger charge is -2.23. The average molecular weight is 411 g/mol. The Labute approximate surface area is 178 Å². The number of carbonyl (C=O) groups is 2. The first kappa shape index (κ1) is 21.7. The summed E-state index contributed by atoms with van der Waals surface area (Å²) in [7, 11) is 3.13. The van der Waals surface area contributed by atoms with Gasteiger partial charge in [-0.3, -0.25) is 9.59 Å². The number of aryl methyl sites for hydroxylation is 1. The van der Waals surface area contributed by atoms with Crippen LogP contribution in [0.1, 0.15) is 43.7 Å². The largest absolute Gasteiger partial charge is 0.493 e. The summed E-state index contributed by atoms with van der Waals surface area (Å²) in [6.45, 7) is 6.56. The van der Waals surface area contributed by atoms with Crippen LogP contribution in [0.15, 0.2) is 36.4 Å². The Morgan fingerprint density at radius 2 is 1.87 bits per heavy atom. The molecular formula is C24H30N2O4. The number of hydrogen-bond donors (Lipinski definition) is 1. The summed E-state index contributed by atoms with van der Waals surface area (Å²) in [6, 6.07) is 11.5. The molecule has 2 unspecified atom stereocenters. The normalized spacial score (nSPS) is 17.0. The molecule has 2 atom stereocenters. The van der Waals surface area contributed by atoms with E-state index in [1.807, 2.05) is 31.2 Å². The molecule has 2 amide bonds. The summed E-state index contributed by atoms with van der Waals surface area (Å²) in [5.41, 5.74) is 3.58. The Balaban J connectivity index is 1.78. The van der Waals surface area contributed by atoms with Crippen molar-refractivity contribution in [1.82, 2.24) is 0 Å². The molecule has 1 saturated heterocycles. The number of benzene rings is 2. The Morgan fingerprint density at radius 3 is 2.53 bits per heavy atom. The van der Waals surface area contributed by atoms with Gasteiger partial charge in [-0.25, -0.2) is 0 Å². The standard InChI is InChI=1S/C24H30N2O4/c1-6-15(2)18-9-7-8-10-20(18)26-14-17(12-23(26)27)24(28)25-19-13-22(30-5)21(29-4)11-16(19)3/h7-11,13,15,17H,6,12,14H2,1-5H3,(H,25,28). The van der Waals surface area contributed by atoms with E-state index >= 15 is 0 Å². The van der Waals surface area contributed by atoms with Crippen molar-refractivity contribution in [2.45, 2.75) is 39.5 Å². The molecule has 0 saturated carbocycles. The van der Waals surface area contributed by atoms with Gasteiger partial charge in [-0.05, 0) is 42.5 Å². The van der Waals surface area contributed by atoms with Crippen LogP contribution < -0.4 is 19.7 Å². The average Bonchev–Trinajstić information content (AvgIpc) is 3.15. The van der Waals surface area contributed by atoms with E-state index in [1.165, 1.54) is 0 Å². The Bertz CT molecular complexity index is 941. The zero-order chi connectivity index (χ0) is 21.8. The van der Waals surface area contributed by atoms with Gasteiger partial charge >= 0.3 is 0 Å². The van der Waals surface area contributed by atoms with Gasteiger partial charge in [0.1, 0.15) is 0 Å². The van der Waals surface area contributed by atoms with Crippen LogP contribution in [0, 0.1) is 12.8 Å². The van der Waals surface area contributed by atoms with Gasteiger partial charge in [0.05, 0.1) is 20.1 Å². The van der Waals surface area contributed by atoms with Crippen molar-refractivity contribution in [3.8, 4) is 11.5 Å². The Kier molecular flexibility index (Phi) is 6.65. The highest BCUT2D eigenvalue weighted by Crippen LogP contribution is 2.35. The van der Waals surface area contributed by atoms with E-state index in [2.05, 4.69) is 25.2 Å². The molecule has 0 spiro atoms. The molecule has 2 aromatic carbocycles. The van der Waals surface area contributed by atoms with Gasteiger partial charge in [-0.2, -0.15) is 0 Å². The number of nitrogens with zero attached hydrogens (tertiary/aromatic N) is 1. The Morgan fingerprint density at radius 1 is 1.20 bits per heavy atom. The minimum atomic E-state index is -0.407. The molecule has 30 heavy (non-hydrogen) atoms. The van der Waals surface area contributed by atoms with E-state index in [0.717, 1.165) is 23.2 Å². The van der Waals surface area contributed by atoms with Crippen LogP contribution in [0.25, 0.3) is 0 Å². The molecule has 1 fully saturated rings. The second-order valence-electron chi connectivity index (χ2n) is 7.78. The molecule has 3 rings (SSSR count). The van der Waals surface area contributed by atoms with E-state index in [9.17, 15) is 9.59 Å². The van der Waals surface area contributed by atoms with Gasteiger partial charge in [0, 0.05) is 30.4 Å². The van der Waals surface area contributed by atoms with Crippen LogP contribution in [0.4, 0.5) is 11.4 Å². The zero-order valence-corrected chi connectivity index (χ0v) is 18.3. The van der Waals surface area contributed by atoms with E-state index in [-0.39, 0.29) is 18.2 Å². The predicted octanol–water partition coefficient (Wildman–Crippen LogP) is 4.52. The van der Waals surface area contributed by atoms with Gasteiger partial charge in [0.15, 0.2) is 11.5 Å². The lowest BCUT2D eigenvalue weighted by molar-refractivity contribution is -0.122. The third-order valence-corrected chi connectivity index (χ3v) is 5.86. The van der Waals surface area contributed by atoms with E-state index in [0.29, 0.717) is 29.6 Å². The van der Waals surface area contributed by atoms with Crippen molar-refractivity contribution in [3.05, 3.63) is 47.5 Å². The van der Waals surface area contributed by atoms with Crippen LogP contribution in [-0.4, -0.2) is 32.6 Å². The van der Waals surface area contributed by atoms with Crippen molar-refractivity contribution in [3.63, 3.8) is 0 Å². The van der Waals surface area contributed by atoms with Crippen LogP contribution in [0.2, 0.25) is 0 Å². The van der Waals surface area contributed by atoms with Gasteiger partial charge < -0.3 is 19.7 Å². The molecule has 2 aromatic rings. The first-order chi connectivity index (χ1) is 14.4. The smallest absolute Gasteiger partial charge is 0.229 e. The SMILES string of the molecule is CCC(C)c1ccccc1N1CC(C(=O)Nc2cc(OC)c(OC)cc2C)CC1=O. The maximum absolute atomic E-state index is 13.0. The summed E-state index contributed by atoms with van der Waals surface area (Å²) in [4.78, 5) is 27.5. The highest BCUT2D eigenvalue weighted by Gasteiger charge is 2.36. The predicted molar refractivity (Wildman–Crippen MR) is 119 cm³/mol. The third kappa shape index (κ3) is 4.27. The number of carbonyl (C=O) groups excluding carboxylic acids is 2. The topological polar surface area (TPSA) is 67.9 Å². The second-order valence-corrected chi connectivity index (χ2v) is 7.78. The van der Waals surface area contributed by atoms with Crippen molar-refractivity contribution < 1.29 is 19.1 Å². The summed E-state index contributed by atoms with van der Waals surface area (Å²) < 4.78 is 10.6. The molecule has 6 heteroatoms. The minimum absolute atomic E-state index is 0.0186. The fraction of sp³-hybridized carbons (Fsp3) is 0.417. The number of amides is 2. The summed E-state index contributed by atoms with van der Waals surface area (Å²) >= 11 is 0. The Hall–Kier alpha value is -3.02. The quantitative estimate of drug-likeness (QED) is 0.729. The minimum Gasteiger partial charge on any atom is -0.493 e. The zero-order valence-electron chi connectivity index (χ0n) is 18.3. The van der Waals surface area contributed by atoms with Crippen molar-refractivity contribution in [2.24, 2.45) is 5.92 Å². The van der Waals surface area contributed by atoms with Gasteiger partial charge in [0.2, 0.25) is 11.8 Å². The van der Waals surface area contributed by atoms with Crippen molar-refractivity contribution >= 4 is 23.2 Å². The molecule has 0 radical (unpaired) electrons. The molecule has 0 aliphatic carbocycles. The number of anilines is 2. The lowest BCUT2D eigenvalue weighted by Crippen LogP contribution is -2.29. The highest BCUT2D eigenvalue weighted by atomic mass is 16.5. The van der Waals surface area contributed by atoms with Crippen LogP contribution >= 0.6 is 0 Å². The molecule has 0 bridgehead atoms. The van der Waals surface area contributed by atoms with E-state index < -0.39 is 5.92 Å². The summed E-state index contributed by atoms with van der Waals surface area (Å²) in [6.07, 6.45) is 1.19. The fourth-order valence-electron chi connectivity index (χ4n) is 3.84. The number of ether oxygens (including phenoxy) is 2. The maximum atomic E-state index is 13.0. The van der Waals surface area contributed by atoms with Crippen LogP contribution in [0.5, 0.6) is 11.5 Å². The molecule has 1 aliphatic rings. The number of rotatable bonds is 7. The lowest BCUT2D eigenvalue weighted by atomic mass is 9.96. The first-order valence-corrected chi connectivity index (χ1v) is 10.3. The van der Waals surface area contributed by atoms with Gasteiger partial charge in [-0.15, -0.1) is 0 Å². The van der Waals surface area contributed by atoms with Gasteiger partial charge in [-0.1, -0.05) is 32.0 Å². The third-order valence-electron chi connectivity index (χ3n) is 5.86. The van der Waals surface area contributed by atoms with Gasteiger partial charge in [0.25, 0.3) is 0 Å². The molecule has 1 N–H and O–H groups in total. The monoisotopic (exact) mass is 410 g/mol. The van der Waals surface area contributed by atoms with Crippen LogP contribution in [0.3, 0.4) is 0 Å². The second kappa shape index (κ2) is 9.20.